The molecule has 0 unspecified atom stereocenters. The molecule has 0 aliphatic carbocycles. The Bertz CT molecular complexity index is 505. The Morgan fingerprint density at radius 3 is 2.69 bits per heavy atom. The van der Waals surface area contributed by atoms with E-state index in [1.54, 1.807) is 0 Å². The number of fused-ring (bicyclic) bond motifs is 1. The SMILES string of the molecule is CCOC(=N)c1cc2ccccc2n1C.Cl. The average Bonchev–Trinajstić information content (AvgIpc) is 2.57. The number of ether oxygens (including phenoxy) is 1. The number of para-hydroxylation sites is 1. The van der Waals surface area contributed by atoms with Gasteiger partial charge in [-0.05, 0) is 19.1 Å². The molecule has 16 heavy (non-hydrogen) atoms. The van der Waals surface area contributed by atoms with Crippen molar-refractivity contribution in [3.63, 3.8) is 0 Å². The molecule has 1 aromatic heterocycles. The second-order valence-electron chi connectivity index (χ2n) is 3.41. The maximum absolute atomic E-state index is 7.76. The second kappa shape index (κ2) is 5.03. The third-order valence-electron chi connectivity index (χ3n) is 2.47. The van der Waals surface area contributed by atoms with Gasteiger partial charge >= 0.3 is 0 Å². The van der Waals surface area contributed by atoms with Gasteiger partial charge in [-0.25, -0.2) is 0 Å². The first-order valence-corrected chi connectivity index (χ1v) is 5.00. The van der Waals surface area contributed by atoms with Crippen molar-refractivity contribution in [2.75, 3.05) is 6.61 Å². The van der Waals surface area contributed by atoms with Gasteiger partial charge in [0, 0.05) is 18.0 Å². The van der Waals surface area contributed by atoms with Crippen molar-refractivity contribution in [3.8, 4) is 0 Å². The van der Waals surface area contributed by atoms with Crippen LogP contribution < -0.4 is 0 Å². The highest BCUT2D eigenvalue weighted by atomic mass is 35.5. The van der Waals surface area contributed by atoms with Crippen molar-refractivity contribution < 1.29 is 4.74 Å². The summed E-state index contributed by atoms with van der Waals surface area (Å²) in [6, 6.07) is 10.1. The molecule has 0 fully saturated rings. The Kier molecular flexibility index (Phi) is 3.96. The van der Waals surface area contributed by atoms with Crippen molar-refractivity contribution in [2.24, 2.45) is 7.05 Å². The van der Waals surface area contributed by atoms with E-state index in [-0.39, 0.29) is 18.3 Å². The first-order chi connectivity index (χ1) is 7.24. The van der Waals surface area contributed by atoms with Gasteiger partial charge in [0.2, 0.25) is 5.90 Å². The number of hydrogen-bond acceptors (Lipinski definition) is 2. The Labute approximate surface area is 101 Å². The first-order valence-electron chi connectivity index (χ1n) is 5.00. The predicted octanol–water partition coefficient (Wildman–Crippen LogP) is 2.96. The molecular formula is C12H15ClN2O. The van der Waals surface area contributed by atoms with Gasteiger partial charge in [0.15, 0.2) is 0 Å². The van der Waals surface area contributed by atoms with Crippen molar-refractivity contribution in [3.05, 3.63) is 36.0 Å². The van der Waals surface area contributed by atoms with Crippen LogP contribution in [-0.4, -0.2) is 17.1 Å². The van der Waals surface area contributed by atoms with E-state index >= 15 is 0 Å². The van der Waals surface area contributed by atoms with Gasteiger partial charge in [0.25, 0.3) is 0 Å². The fourth-order valence-electron chi connectivity index (χ4n) is 1.73. The van der Waals surface area contributed by atoms with Crippen molar-refractivity contribution in [2.45, 2.75) is 6.92 Å². The Hall–Kier alpha value is -1.48. The molecule has 2 rings (SSSR count). The standard InChI is InChI=1S/C12H14N2O.ClH/c1-3-15-12(13)11-8-9-6-4-5-7-10(9)14(11)2;/h4-8,13H,3H2,1-2H3;1H. The molecule has 0 atom stereocenters. The molecule has 0 saturated heterocycles. The summed E-state index contributed by atoms with van der Waals surface area (Å²) >= 11 is 0. The summed E-state index contributed by atoms with van der Waals surface area (Å²) in [7, 11) is 1.95. The van der Waals surface area contributed by atoms with E-state index in [4.69, 9.17) is 10.1 Å². The third-order valence-corrected chi connectivity index (χ3v) is 2.47. The van der Waals surface area contributed by atoms with Crippen LogP contribution >= 0.6 is 12.4 Å². The number of rotatable bonds is 2. The normalized spacial score (nSPS) is 9.88. The summed E-state index contributed by atoms with van der Waals surface area (Å²) in [5.74, 6) is 0.233. The van der Waals surface area contributed by atoms with Crippen LogP contribution in [0.2, 0.25) is 0 Å². The van der Waals surface area contributed by atoms with Crippen LogP contribution in [0.25, 0.3) is 10.9 Å². The van der Waals surface area contributed by atoms with Gasteiger partial charge in [0.05, 0.1) is 6.61 Å². The highest BCUT2D eigenvalue weighted by Crippen LogP contribution is 2.18. The van der Waals surface area contributed by atoms with Crippen molar-refractivity contribution in [1.82, 2.24) is 4.57 Å². The molecule has 1 heterocycles. The molecule has 1 aromatic carbocycles. The van der Waals surface area contributed by atoms with Crippen molar-refractivity contribution in [1.29, 1.82) is 5.41 Å². The fourth-order valence-corrected chi connectivity index (χ4v) is 1.73. The van der Waals surface area contributed by atoms with Crippen LogP contribution in [-0.2, 0) is 11.8 Å². The summed E-state index contributed by atoms with van der Waals surface area (Å²) in [6.45, 7) is 2.41. The van der Waals surface area contributed by atoms with E-state index in [0.29, 0.717) is 6.61 Å². The fraction of sp³-hybridized carbons (Fsp3) is 0.250. The van der Waals surface area contributed by atoms with E-state index in [1.807, 2.05) is 48.9 Å². The molecule has 0 radical (unpaired) electrons. The zero-order chi connectivity index (χ0) is 10.8. The van der Waals surface area contributed by atoms with Crippen molar-refractivity contribution >= 4 is 29.2 Å². The zero-order valence-corrected chi connectivity index (χ0v) is 10.2. The quantitative estimate of drug-likeness (QED) is 0.634. The second-order valence-corrected chi connectivity index (χ2v) is 3.41. The molecular weight excluding hydrogens is 224 g/mol. The van der Waals surface area contributed by atoms with Gasteiger partial charge in [-0.15, -0.1) is 12.4 Å². The minimum absolute atomic E-state index is 0. The van der Waals surface area contributed by atoms with E-state index < -0.39 is 0 Å². The Balaban J connectivity index is 0.00000128. The minimum Gasteiger partial charge on any atom is -0.477 e. The minimum atomic E-state index is 0. The number of nitrogens with one attached hydrogen (secondary N) is 1. The van der Waals surface area contributed by atoms with Gasteiger partial charge in [-0.2, -0.15) is 0 Å². The molecule has 0 saturated carbocycles. The van der Waals surface area contributed by atoms with E-state index in [2.05, 4.69) is 0 Å². The number of halogens is 1. The maximum Gasteiger partial charge on any atom is 0.230 e. The average molecular weight is 239 g/mol. The molecule has 86 valence electrons. The largest absolute Gasteiger partial charge is 0.477 e. The Morgan fingerprint density at radius 1 is 1.38 bits per heavy atom. The zero-order valence-electron chi connectivity index (χ0n) is 9.36. The van der Waals surface area contributed by atoms with Gasteiger partial charge in [-0.1, -0.05) is 18.2 Å². The lowest BCUT2D eigenvalue weighted by Gasteiger charge is -2.05. The molecule has 2 aromatic rings. The number of aromatic nitrogens is 1. The summed E-state index contributed by atoms with van der Waals surface area (Å²) in [5.41, 5.74) is 1.94. The van der Waals surface area contributed by atoms with E-state index in [0.717, 1.165) is 16.6 Å². The van der Waals surface area contributed by atoms with E-state index in [1.165, 1.54) is 0 Å². The van der Waals surface area contributed by atoms with Gasteiger partial charge in [0.1, 0.15) is 5.69 Å². The van der Waals surface area contributed by atoms with Crippen LogP contribution in [0.5, 0.6) is 0 Å². The highest BCUT2D eigenvalue weighted by molar-refractivity contribution is 5.96. The monoisotopic (exact) mass is 238 g/mol. The number of benzene rings is 1. The predicted molar refractivity (Wildman–Crippen MR) is 68.6 cm³/mol. The number of hydrogen-bond donors (Lipinski definition) is 1. The summed E-state index contributed by atoms with van der Waals surface area (Å²) in [4.78, 5) is 0. The first kappa shape index (κ1) is 12.6. The smallest absolute Gasteiger partial charge is 0.230 e. The summed E-state index contributed by atoms with van der Waals surface area (Å²) < 4.78 is 7.18. The molecule has 0 aliphatic heterocycles. The van der Waals surface area contributed by atoms with Crippen LogP contribution in [0, 0.1) is 5.41 Å². The van der Waals surface area contributed by atoms with Crippen LogP contribution in [0.1, 0.15) is 12.6 Å². The van der Waals surface area contributed by atoms with Crippen LogP contribution in [0.3, 0.4) is 0 Å². The topological polar surface area (TPSA) is 38.0 Å². The maximum atomic E-state index is 7.76. The summed E-state index contributed by atoms with van der Waals surface area (Å²) in [5, 5.41) is 8.90. The lowest BCUT2D eigenvalue weighted by atomic mass is 10.2. The molecule has 4 heteroatoms. The third kappa shape index (κ3) is 2.04. The van der Waals surface area contributed by atoms with Gasteiger partial charge < -0.3 is 9.30 Å². The lowest BCUT2D eigenvalue weighted by molar-refractivity contribution is 0.323. The summed E-state index contributed by atoms with van der Waals surface area (Å²) in [6.07, 6.45) is 0. The number of aryl methyl sites for hydroxylation is 1. The van der Waals surface area contributed by atoms with Crippen LogP contribution in [0.4, 0.5) is 0 Å². The van der Waals surface area contributed by atoms with Crippen LogP contribution in [0.15, 0.2) is 30.3 Å². The molecule has 1 N–H and O–H groups in total. The molecule has 0 spiro atoms. The molecule has 0 amide bonds. The molecule has 3 nitrogen and oxygen atoms in total. The molecule has 0 aliphatic rings. The lowest BCUT2D eigenvalue weighted by Crippen LogP contribution is -2.09. The Morgan fingerprint density at radius 2 is 2.06 bits per heavy atom. The van der Waals surface area contributed by atoms with E-state index in [9.17, 15) is 0 Å². The molecule has 0 bridgehead atoms. The van der Waals surface area contributed by atoms with Gasteiger partial charge in [-0.3, -0.25) is 5.41 Å². The highest BCUT2D eigenvalue weighted by Gasteiger charge is 2.09. The number of nitrogens with zero attached hydrogens (tertiary/aromatic N) is 1.